The van der Waals surface area contributed by atoms with Crippen LogP contribution in [0.1, 0.15) is 32.9 Å². The largest absolute Gasteiger partial charge is 0.467 e. The van der Waals surface area contributed by atoms with Crippen molar-refractivity contribution in [1.29, 1.82) is 0 Å². The van der Waals surface area contributed by atoms with Gasteiger partial charge in [0, 0.05) is 23.5 Å². The number of aromatic nitrogens is 1. The molecule has 5 nitrogen and oxygen atoms in total. The molecule has 1 N–H and O–H groups in total. The van der Waals surface area contributed by atoms with Gasteiger partial charge >= 0.3 is 0 Å². The maximum Gasteiger partial charge on any atom is 0.254 e. The monoisotopic (exact) mass is 400 g/mol. The van der Waals surface area contributed by atoms with Crippen molar-refractivity contribution in [2.24, 2.45) is 0 Å². The van der Waals surface area contributed by atoms with Gasteiger partial charge in [0.25, 0.3) is 5.91 Å². The van der Waals surface area contributed by atoms with E-state index in [1.165, 1.54) is 23.5 Å². The maximum atomic E-state index is 13.9. The second kappa shape index (κ2) is 7.77. The van der Waals surface area contributed by atoms with E-state index in [9.17, 15) is 9.18 Å². The zero-order valence-electron chi connectivity index (χ0n) is 15.8. The van der Waals surface area contributed by atoms with Crippen molar-refractivity contribution in [2.45, 2.75) is 26.9 Å². The lowest BCUT2D eigenvalue weighted by atomic mass is 10.1. The second-order valence-corrected chi connectivity index (χ2v) is 7.66. The molecule has 0 unspecified atom stereocenters. The van der Waals surface area contributed by atoms with Gasteiger partial charge in [0.2, 0.25) is 0 Å². The van der Waals surface area contributed by atoms with Gasteiger partial charge in [0.1, 0.15) is 16.6 Å². The average molecular weight is 400 g/mol. The van der Waals surface area contributed by atoms with E-state index in [2.05, 4.69) is 9.88 Å². The molecule has 3 aromatic rings. The van der Waals surface area contributed by atoms with Crippen LogP contribution in [0.5, 0.6) is 5.75 Å². The summed E-state index contributed by atoms with van der Waals surface area (Å²) in [6.07, 6.45) is 0.479. The van der Waals surface area contributed by atoms with Crippen molar-refractivity contribution in [3.63, 3.8) is 0 Å². The van der Waals surface area contributed by atoms with Gasteiger partial charge < -0.3 is 19.4 Å². The van der Waals surface area contributed by atoms with Crippen molar-refractivity contribution >= 4 is 17.2 Å². The number of thiophene rings is 1. The van der Waals surface area contributed by atoms with Gasteiger partial charge in [-0.1, -0.05) is 0 Å². The van der Waals surface area contributed by atoms with Crippen LogP contribution >= 0.6 is 11.3 Å². The lowest BCUT2D eigenvalue weighted by molar-refractivity contribution is -0.0172. The number of aryl methyl sites for hydroxylation is 2. The highest BCUT2D eigenvalue weighted by molar-refractivity contribution is 7.13. The highest BCUT2D eigenvalue weighted by atomic mass is 32.1. The molecule has 3 heterocycles. The van der Waals surface area contributed by atoms with Crippen LogP contribution in [0.2, 0.25) is 0 Å². The van der Waals surface area contributed by atoms with Crippen LogP contribution in [-0.4, -0.2) is 23.8 Å². The van der Waals surface area contributed by atoms with Gasteiger partial charge in [0.05, 0.1) is 12.2 Å². The Morgan fingerprint density at radius 1 is 1.25 bits per heavy atom. The molecule has 146 valence electrons. The summed E-state index contributed by atoms with van der Waals surface area (Å²) in [6, 6.07) is 8.79. The predicted molar refractivity (Wildman–Crippen MR) is 106 cm³/mol. The molecule has 0 saturated heterocycles. The minimum atomic E-state index is -0.326. The van der Waals surface area contributed by atoms with Gasteiger partial charge in [0.15, 0.2) is 6.79 Å². The lowest BCUT2D eigenvalue weighted by Crippen LogP contribution is -2.26. The number of carbonyl (C=O) groups excluding carboxylic acids is 1. The average Bonchev–Trinajstić information content (AvgIpc) is 3.27. The first-order chi connectivity index (χ1) is 13.5. The van der Waals surface area contributed by atoms with Crippen molar-refractivity contribution in [3.05, 3.63) is 69.6 Å². The summed E-state index contributed by atoms with van der Waals surface area (Å²) in [5.74, 6) is 0.197. The van der Waals surface area contributed by atoms with Crippen LogP contribution in [0.25, 0.3) is 5.00 Å². The fourth-order valence-corrected chi connectivity index (χ4v) is 4.50. The van der Waals surface area contributed by atoms with E-state index in [1.807, 2.05) is 37.4 Å². The van der Waals surface area contributed by atoms with Crippen molar-refractivity contribution in [3.8, 4) is 10.8 Å². The molecule has 2 aromatic heterocycles. The molecule has 1 amide bonds. The van der Waals surface area contributed by atoms with E-state index in [-0.39, 0.29) is 18.5 Å². The minimum Gasteiger partial charge on any atom is -0.467 e. The Balaban J connectivity index is 1.47. The molecule has 1 aliphatic heterocycles. The summed E-state index contributed by atoms with van der Waals surface area (Å²) < 4.78 is 26.7. The van der Waals surface area contributed by atoms with Crippen molar-refractivity contribution < 1.29 is 18.7 Å². The normalized spacial score (nSPS) is 13.1. The number of benzene rings is 1. The van der Waals surface area contributed by atoms with Gasteiger partial charge in [-0.3, -0.25) is 4.79 Å². The van der Waals surface area contributed by atoms with Crippen LogP contribution in [0.15, 0.2) is 35.7 Å². The van der Waals surface area contributed by atoms with Gasteiger partial charge in [-0.05, 0) is 61.5 Å². The van der Waals surface area contributed by atoms with Crippen molar-refractivity contribution in [2.75, 3.05) is 13.3 Å². The highest BCUT2D eigenvalue weighted by Gasteiger charge is 2.19. The molecule has 4 rings (SSSR count). The Kier molecular flexibility index (Phi) is 5.19. The number of nitrogens with one attached hydrogen (secondary N) is 1. The van der Waals surface area contributed by atoms with E-state index >= 15 is 0 Å². The smallest absolute Gasteiger partial charge is 0.254 e. The Bertz CT molecular complexity index is 1010. The van der Waals surface area contributed by atoms with Crippen molar-refractivity contribution in [1.82, 2.24) is 9.88 Å². The number of fused-ring (bicyclic) bond motifs is 1. The fourth-order valence-electron chi connectivity index (χ4n) is 3.48. The van der Waals surface area contributed by atoms with E-state index < -0.39 is 0 Å². The molecule has 1 aliphatic rings. The number of rotatable bonds is 5. The van der Waals surface area contributed by atoms with E-state index in [0.717, 1.165) is 22.0 Å². The summed E-state index contributed by atoms with van der Waals surface area (Å²) in [5.41, 5.74) is 4.24. The van der Waals surface area contributed by atoms with Crippen LogP contribution < -0.4 is 10.1 Å². The number of hydrogen-bond donors (Lipinski definition) is 1. The highest BCUT2D eigenvalue weighted by Crippen LogP contribution is 2.30. The van der Waals surface area contributed by atoms with Gasteiger partial charge in [-0.15, -0.1) is 11.3 Å². The summed E-state index contributed by atoms with van der Waals surface area (Å²) in [7, 11) is 0. The van der Waals surface area contributed by atoms with Gasteiger partial charge in [-0.2, -0.15) is 0 Å². The topological polar surface area (TPSA) is 52.5 Å². The predicted octanol–water partition coefficient (Wildman–Crippen LogP) is 4.13. The molecule has 1 aromatic carbocycles. The first-order valence-electron chi connectivity index (χ1n) is 9.07. The number of carbonyl (C=O) groups is 1. The van der Waals surface area contributed by atoms with E-state index in [0.29, 0.717) is 36.4 Å². The molecule has 0 bridgehead atoms. The Labute approximate surface area is 166 Å². The maximum absolute atomic E-state index is 13.9. The first-order valence-corrected chi connectivity index (χ1v) is 9.95. The quantitative estimate of drug-likeness (QED) is 0.701. The third kappa shape index (κ3) is 3.55. The van der Waals surface area contributed by atoms with E-state index in [4.69, 9.17) is 9.47 Å². The number of ether oxygens (including phenoxy) is 2. The van der Waals surface area contributed by atoms with E-state index in [1.54, 1.807) is 0 Å². The van der Waals surface area contributed by atoms with Crippen LogP contribution in [0, 0.1) is 19.7 Å². The lowest BCUT2D eigenvalue weighted by Gasteiger charge is -2.21. The van der Waals surface area contributed by atoms with Crippen LogP contribution in [-0.2, 0) is 17.8 Å². The molecular formula is C21H21FN2O3S. The fraction of sp³-hybridized carbons (Fsp3) is 0.286. The summed E-state index contributed by atoms with van der Waals surface area (Å²) in [5, 5.41) is 5.77. The number of halogens is 1. The SMILES string of the molecule is Cc1ccc(C)n1-c1sccc1C(=O)NCCc1cc(F)cc2c1OCOC2. The number of nitrogens with zero attached hydrogens (tertiary/aromatic N) is 1. The molecular weight excluding hydrogens is 379 g/mol. The molecule has 0 saturated carbocycles. The molecule has 0 atom stereocenters. The molecule has 0 spiro atoms. The van der Waals surface area contributed by atoms with Crippen LogP contribution in [0.3, 0.4) is 0 Å². The zero-order chi connectivity index (χ0) is 19.7. The molecule has 0 radical (unpaired) electrons. The summed E-state index contributed by atoms with van der Waals surface area (Å²) in [4.78, 5) is 12.7. The molecule has 28 heavy (non-hydrogen) atoms. The summed E-state index contributed by atoms with van der Waals surface area (Å²) >= 11 is 1.53. The number of hydrogen-bond acceptors (Lipinski definition) is 4. The minimum absolute atomic E-state index is 0.140. The third-order valence-electron chi connectivity index (χ3n) is 4.80. The Hall–Kier alpha value is -2.64. The third-order valence-corrected chi connectivity index (χ3v) is 5.69. The Morgan fingerprint density at radius 2 is 2.04 bits per heavy atom. The second-order valence-electron chi connectivity index (χ2n) is 6.76. The molecule has 0 aliphatic carbocycles. The van der Waals surface area contributed by atoms with Gasteiger partial charge in [-0.25, -0.2) is 4.39 Å². The zero-order valence-corrected chi connectivity index (χ0v) is 16.6. The first kappa shape index (κ1) is 18.7. The molecule has 0 fully saturated rings. The standard InChI is InChI=1S/C21H21FN2O3S/c1-13-3-4-14(2)24(13)21-18(6-8-28-21)20(25)23-7-5-15-9-17(22)10-16-11-26-12-27-19(15)16/h3-4,6,8-10H,5,7,11-12H2,1-2H3,(H,23,25). The Morgan fingerprint density at radius 3 is 2.82 bits per heavy atom. The summed E-state index contributed by atoms with van der Waals surface area (Å²) in [6.45, 7) is 4.92. The molecule has 7 heteroatoms. The number of amides is 1. The van der Waals surface area contributed by atoms with Crippen LogP contribution in [0.4, 0.5) is 4.39 Å².